The number of hydrogen-bond donors (Lipinski definition) is 1. The fourth-order valence-electron chi connectivity index (χ4n) is 1.23. The summed E-state index contributed by atoms with van der Waals surface area (Å²) in [6.07, 6.45) is 3.41. The predicted octanol–water partition coefficient (Wildman–Crippen LogP) is 2.92. The Morgan fingerprint density at radius 2 is 1.87 bits per heavy atom. The molecule has 3 heteroatoms. The molecule has 0 radical (unpaired) electrons. The number of ether oxygens (including phenoxy) is 1. The van der Waals surface area contributed by atoms with Gasteiger partial charge in [-0.15, -0.1) is 0 Å². The van der Waals surface area contributed by atoms with E-state index in [1.807, 2.05) is 43.4 Å². The van der Waals surface area contributed by atoms with Gasteiger partial charge in [-0.1, -0.05) is 0 Å². The van der Waals surface area contributed by atoms with Crippen LogP contribution in [0.3, 0.4) is 0 Å². The highest BCUT2D eigenvalue weighted by atomic mass is 16.5. The quantitative estimate of drug-likeness (QED) is 0.827. The maximum absolute atomic E-state index is 5.59. The molecule has 0 bridgehead atoms. The first kappa shape index (κ1) is 9.52. The first-order chi connectivity index (χ1) is 7.38. The third kappa shape index (κ3) is 2.47. The Balaban J connectivity index is 2.11. The average molecular weight is 200 g/mol. The van der Waals surface area contributed by atoms with Gasteiger partial charge >= 0.3 is 0 Å². The molecule has 1 aromatic carbocycles. The fourth-order valence-corrected chi connectivity index (χ4v) is 1.23. The summed E-state index contributed by atoms with van der Waals surface area (Å²) in [5, 5.41) is 3.05. The number of nitrogens with zero attached hydrogens (tertiary/aromatic N) is 1. The summed E-state index contributed by atoms with van der Waals surface area (Å²) in [5.41, 5.74) is 1.06. The zero-order chi connectivity index (χ0) is 10.5. The van der Waals surface area contributed by atoms with E-state index in [4.69, 9.17) is 4.74 Å². The molecule has 0 aliphatic carbocycles. The molecule has 2 aromatic rings. The molecule has 1 N–H and O–H groups in total. The lowest BCUT2D eigenvalue weighted by Crippen LogP contribution is -1.88. The molecule has 0 aliphatic rings. The number of anilines is 1. The summed E-state index contributed by atoms with van der Waals surface area (Å²) in [7, 11) is 1.89. The topological polar surface area (TPSA) is 34.1 Å². The molecule has 0 unspecified atom stereocenters. The molecule has 76 valence electrons. The Morgan fingerprint density at radius 3 is 2.47 bits per heavy atom. The van der Waals surface area contributed by atoms with Crippen molar-refractivity contribution in [2.75, 3.05) is 12.4 Å². The van der Waals surface area contributed by atoms with E-state index in [9.17, 15) is 0 Å². The second-order valence-electron chi connectivity index (χ2n) is 3.07. The van der Waals surface area contributed by atoms with E-state index in [-0.39, 0.29) is 0 Å². The summed E-state index contributed by atoms with van der Waals surface area (Å²) < 4.78 is 5.59. The van der Waals surface area contributed by atoms with E-state index in [1.54, 1.807) is 12.4 Å². The van der Waals surface area contributed by atoms with Gasteiger partial charge in [-0.25, -0.2) is 0 Å². The molecule has 1 aromatic heterocycles. The van der Waals surface area contributed by atoms with Gasteiger partial charge in [0.15, 0.2) is 0 Å². The maximum atomic E-state index is 5.59. The number of hydrogen-bond acceptors (Lipinski definition) is 3. The maximum Gasteiger partial charge on any atom is 0.145 e. The van der Waals surface area contributed by atoms with Crippen molar-refractivity contribution in [3.05, 3.63) is 48.8 Å². The predicted molar refractivity (Wildman–Crippen MR) is 60.3 cm³/mol. The minimum Gasteiger partial charge on any atom is -0.456 e. The van der Waals surface area contributed by atoms with Crippen molar-refractivity contribution in [2.45, 2.75) is 0 Å². The molecular weight excluding hydrogens is 188 g/mol. The van der Waals surface area contributed by atoms with Crippen molar-refractivity contribution in [3.63, 3.8) is 0 Å². The molecule has 0 amide bonds. The van der Waals surface area contributed by atoms with Gasteiger partial charge in [0.1, 0.15) is 11.5 Å². The molecule has 0 fully saturated rings. The average Bonchev–Trinajstić information content (AvgIpc) is 2.31. The van der Waals surface area contributed by atoms with E-state index in [0.29, 0.717) is 0 Å². The summed E-state index contributed by atoms with van der Waals surface area (Å²) in [6.45, 7) is 0. The van der Waals surface area contributed by atoms with Crippen molar-refractivity contribution in [1.29, 1.82) is 0 Å². The van der Waals surface area contributed by atoms with Crippen molar-refractivity contribution in [1.82, 2.24) is 4.98 Å². The van der Waals surface area contributed by atoms with Crippen LogP contribution < -0.4 is 10.1 Å². The monoisotopic (exact) mass is 200 g/mol. The van der Waals surface area contributed by atoms with Gasteiger partial charge in [-0.05, 0) is 36.4 Å². The summed E-state index contributed by atoms with van der Waals surface area (Å²) >= 11 is 0. The lowest BCUT2D eigenvalue weighted by molar-refractivity contribution is 0.480. The van der Waals surface area contributed by atoms with Crippen LogP contribution in [0.1, 0.15) is 0 Å². The molecular formula is C12H12N2O. The highest BCUT2D eigenvalue weighted by Gasteiger charge is 1.96. The summed E-state index contributed by atoms with van der Waals surface area (Å²) in [6, 6.07) is 11.5. The van der Waals surface area contributed by atoms with E-state index < -0.39 is 0 Å². The SMILES string of the molecule is CNc1ccc(Oc2cccnc2)cc1. The highest BCUT2D eigenvalue weighted by Crippen LogP contribution is 2.21. The molecule has 3 nitrogen and oxygen atoms in total. The Bertz CT molecular complexity index is 411. The zero-order valence-corrected chi connectivity index (χ0v) is 8.47. The van der Waals surface area contributed by atoms with Crippen LogP contribution in [-0.2, 0) is 0 Å². The van der Waals surface area contributed by atoms with E-state index in [2.05, 4.69) is 10.3 Å². The highest BCUT2D eigenvalue weighted by molar-refractivity contribution is 5.46. The Morgan fingerprint density at radius 1 is 1.07 bits per heavy atom. The lowest BCUT2D eigenvalue weighted by Gasteiger charge is -2.05. The molecule has 0 atom stereocenters. The summed E-state index contributed by atoms with van der Waals surface area (Å²) in [4.78, 5) is 3.98. The van der Waals surface area contributed by atoms with Gasteiger partial charge in [0.05, 0.1) is 6.20 Å². The number of nitrogens with one attached hydrogen (secondary N) is 1. The van der Waals surface area contributed by atoms with Gasteiger partial charge in [-0.3, -0.25) is 4.98 Å². The van der Waals surface area contributed by atoms with Gasteiger partial charge in [0.25, 0.3) is 0 Å². The zero-order valence-electron chi connectivity index (χ0n) is 8.47. The normalized spacial score (nSPS) is 9.67. The Labute approximate surface area is 88.7 Å². The number of aromatic nitrogens is 1. The minimum absolute atomic E-state index is 0.745. The fraction of sp³-hybridized carbons (Fsp3) is 0.0833. The largest absolute Gasteiger partial charge is 0.456 e. The van der Waals surface area contributed by atoms with Crippen LogP contribution >= 0.6 is 0 Å². The van der Waals surface area contributed by atoms with Gasteiger partial charge in [0, 0.05) is 18.9 Å². The molecule has 1 heterocycles. The van der Waals surface area contributed by atoms with Crippen LogP contribution in [0.4, 0.5) is 5.69 Å². The molecule has 0 spiro atoms. The van der Waals surface area contributed by atoms with E-state index in [1.165, 1.54) is 0 Å². The van der Waals surface area contributed by atoms with Crippen molar-refractivity contribution < 1.29 is 4.74 Å². The van der Waals surface area contributed by atoms with E-state index >= 15 is 0 Å². The van der Waals surface area contributed by atoms with Crippen LogP contribution in [0, 0.1) is 0 Å². The van der Waals surface area contributed by atoms with Gasteiger partial charge < -0.3 is 10.1 Å². The van der Waals surface area contributed by atoms with Gasteiger partial charge in [0.2, 0.25) is 0 Å². The Hall–Kier alpha value is -2.03. The smallest absolute Gasteiger partial charge is 0.145 e. The minimum atomic E-state index is 0.745. The van der Waals surface area contributed by atoms with E-state index in [0.717, 1.165) is 17.2 Å². The summed E-state index contributed by atoms with van der Waals surface area (Å²) in [5.74, 6) is 1.55. The van der Waals surface area contributed by atoms with Crippen LogP contribution in [-0.4, -0.2) is 12.0 Å². The molecule has 0 saturated carbocycles. The lowest BCUT2D eigenvalue weighted by atomic mass is 10.3. The molecule has 2 rings (SSSR count). The first-order valence-electron chi connectivity index (χ1n) is 4.74. The van der Waals surface area contributed by atoms with Crippen LogP contribution in [0.2, 0.25) is 0 Å². The molecule has 15 heavy (non-hydrogen) atoms. The standard InChI is InChI=1S/C12H12N2O/c1-13-10-4-6-11(7-5-10)15-12-3-2-8-14-9-12/h2-9,13H,1H3. The van der Waals surface area contributed by atoms with Crippen LogP contribution in [0.5, 0.6) is 11.5 Å². The number of benzene rings is 1. The van der Waals surface area contributed by atoms with Crippen LogP contribution in [0.25, 0.3) is 0 Å². The first-order valence-corrected chi connectivity index (χ1v) is 4.74. The van der Waals surface area contributed by atoms with Crippen molar-refractivity contribution >= 4 is 5.69 Å². The van der Waals surface area contributed by atoms with Crippen LogP contribution in [0.15, 0.2) is 48.8 Å². The molecule has 0 aliphatic heterocycles. The number of pyridine rings is 1. The Kier molecular flexibility index (Phi) is 2.83. The third-order valence-corrected chi connectivity index (χ3v) is 2.01. The van der Waals surface area contributed by atoms with Crippen molar-refractivity contribution in [2.24, 2.45) is 0 Å². The van der Waals surface area contributed by atoms with Gasteiger partial charge in [-0.2, -0.15) is 0 Å². The second-order valence-corrected chi connectivity index (χ2v) is 3.07. The third-order valence-electron chi connectivity index (χ3n) is 2.01. The number of rotatable bonds is 3. The molecule has 0 saturated heterocycles. The van der Waals surface area contributed by atoms with Crippen molar-refractivity contribution in [3.8, 4) is 11.5 Å². The second kappa shape index (κ2) is 4.46.